The molecular weight excluding hydrogens is 306 g/mol. The lowest BCUT2D eigenvalue weighted by Gasteiger charge is -2.12. The van der Waals surface area contributed by atoms with Gasteiger partial charge in [0, 0.05) is 13.8 Å². The molecule has 0 aliphatic carbocycles. The Morgan fingerprint density at radius 3 is 2.18 bits per heavy atom. The molecule has 0 amide bonds. The number of fused-ring (bicyclic) bond motifs is 1. The summed E-state index contributed by atoms with van der Waals surface area (Å²) in [6.07, 6.45) is 0.712. The molecule has 22 heavy (non-hydrogen) atoms. The van der Waals surface area contributed by atoms with Gasteiger partial charge in [-0.05, 0) is 41.4 Å². The molecule has 0 aliphatic heterocycles. The summed E-state index contributed by atoms with van der Waals surface area (Å²) >= 11 is 0. The fraction of sp³-hybridized carbons (Fsp3) is 0.250. The molecule has 0 saturated carbocycles. The van der Waals surface area contributed by atoms with Crippen LogP contribution in [0.2, 0.25) is 0 Å². The van der Waals surface area contributed by atoms with Crippen molar-refractivity contribution in [3.05, 3.63) is 35.9 Å². The zero-order valence-corrected chi connectivity index (χ0v) is 13.2. The van der Waals surface area contributed by atoms with E-state index in [-0.39, 0.29) is 23.9 Å². The van der Waals surface area contributed by atoms with Gasteiger partial charge in [-0.3, -0.25) is 9.59 Å². The SMILES string of the molecule is CC(=O)Oc1cc2cccc(CCN)c2cc1OC(C)=O.Cl. The first-order chi connectivity index (χ1) is 10.0. The van der Waals surface area contributed by atoms with Gasteiger partial charge in [0.2, 0.25) is 0 Å². The Morgan fingerprint density at radius 2 is 1.64 bits per heavy atom. The molecule has 2 aromatic rings. The van der Waals surface area contributed by atoms with E-state index in [4.69, 9.17) is 15.2 Å². The molecule has 0 bridgehead atoms. The monoisotopic (exact) mass is 323 g/mol. The van der Waals surface area contributed by atoms with Gasteiger partial charge >= 0.3 is 11.9 Å². The Balaban J connectivity index is 0.00000242. The van der Waals surface area contributed by atoms with Gasteiger partial charge < -0.3 is 15.2 Å². The van der Waals surface area contributed by atoms with Crippen LogP contribution in [0.15, 0.2) is 30.3 Å². The maximum Gasteiger partial charge on any atom is 0.308 e. The van der Waals surface area contributed by atoms with Gasteiger partial charge in [-0.2, -0.15) is 0 Å². The van der Waals surface area contributed by atoms with E-state index in [0.717, 1.165) is 16.3 Å². The van der Waals surface area contributed by atoms with E-state index in [1.807, 2.05) is 18.2 Å². The number of carbonyl (C=O) groups is 2. The second-order valence-corrected chi connectivity index (χ2v) is 4.66. The summed E-state index contributed by atoms with van der Waals surface area (Å²) in [6.45, 7) is 3.12. The fourth-order valence-electron chi connectivity index (χ4n) is 2.19. The number of carbonyl (C=O) groups excluding carboxylic acids is 2. The van der Waals surface area contributed by atoms with Crippen LogP contribution in [-0.2, 0) is 16.0 Å². The lowest BCUT2D eigenvalue weighted by molar-refractivity contribution is -0.134. The van der Waals surface area contributed by atoms with E-state index >= 15 is 0 Å². The van der Waals surface area contributed by atoms with Gasteiger partial charge in [-0.1, -0.05) is 18.2 Å². The van der Waals surface area contributed by atoms with Crippen LogP contribution in [0.1, 0.15) is 19.4 Å². The summed E-state index contributed by atoms with van der Waals surface area (Å²) in [5.41, 5.74) is 6.66. The summed E-state index contributed by atoms with van der Waals surface area (Å²) in [6, 6.07) is 9.18. The number of benzene rings is 2. The molecule has 0 radical (unpaired) electrons. The Kier molecular flexibility index (Phi) is 6.34. The van der Waals surface area contributed by atoms with Crippen molar-refractivity contribution >= 4 is 35.1 Å². The lowest BCUT2D eigenvalue weighted by atomic mass is 10.0. The Hall–Kier alpha value is -2.11. The minimum Gasteiger partial charge on any atom is -0.423 e. The van der Waals surface area contributed by atoms with Crippen LogP contribution in [0.4, 0.5) is 0 Å². The first kappa shape index (κ1) is 17.9. The molecule has 2 aromatic carbocycles. The van der Waals surface area contributed by atoms with E-state index < -0.39 is 11.9 Å². The second-order valence-electron chi connectivity index (χ2n) is 4.66. The summed E-state index contributed by atoms with van der Waals surface area (Å²) in [4.78, 5) is 22.4. The normalized spacial score (nSPS) is 9.95. The molecule has 0 saturated heterocycles. The number of nitrogens with two attached hydrogens (primary N) is 1. The number of hydrogen-bond acceptors (Lipinski definition) is 5. The van der Waals surface area contributed by atoms with Gasteiger partial charge in [-0.25, -0.2) is 0 Å². The van der Waals surface area contributed by atoms with Crippen LogP contribution in [0.3, 0.4) is 0 Å². The van der Waals surface area contributed by atoms with Crippen LogP contribution in [0.5, 0.6) is 11.5 Å². The summed E-state index contributed by atoms with van der Waals surface area (Å²) in [7, 11) is 0. The molecule has 0 aliphatic rings. The average Bonchev–Trinajstić information content (AvgIpc) is 2.39. The summed E-state index contributed by atoms with van der Waals surface area (Å²) < 4.78 is 10.3. The van der Waals surface area contributed by atoms with Crippen molar-refractivity contribution in [1.82, 2.24) is 0 Å². The van der Waals surface area contributed by atoms with Crippen LogP contribution >= 0.6 is 12.4 Å². The van der Waals surface area contributed by atoms with Crippen molar-refractivity contribution in [2.75, 3.05) is 6.54 Å². The number of halogens is 1. The third-order valence-corrected chi connectivity index (χ3v) is 2.96. The third-order valence-electron chi connectivity index (χ3n) is 2.96. The predicted octanol–water partition coefficient (Wildman–Crippen LogP) is 2.61. The van der Waals surface area contributed by atoms with E-state index in [1.54, 1.807) is 12.1 Å². The number of ether oxygens (including phenoxy) is 2. The number of hydrogen-bond donors (Lipinski definition) is 1. The van der Waals surface area contributed by atoms with Gasteiger partial charge in [0.25, 0.3) is 0 Å². The van der Waals surface area contributed by atoms with Crippen molar-refractivity contribution in [1.29, 1.82) is 0 Å². The standard InChI is InChI=1S/C16H17NO4.ClH/c1-10(18)20-15-8-13-5-3-4-12(6-7-17)14(13)9-16(15)21-11(2)19;/h3-5,8-9H,6-7,17H2,1-2H3;1H. The molecule has 6 heteroatoms. The summed E-state index contributed by atoms with van der Waals surface area (Å²) in [5.74, 6) is -0.482. The van der Waals surface area contributed by atoms with Crippen molar-refractivity contribution in [3.8, 4) is 11.5 Å². The largest absolute Gasteiger partial charge is 0.423 e. The molecule has 0 atom stereocenters. The van der Waals surface area contributed by atoms with Gasteiger partial charge in [0.15, 0.2) is 11.5 Å². The Labute approximate surface area is 134 Å². The van der Waals surface area contributed by atoms with Crippen LogP contribution in [-0.4, -0.2) is 18.5 Å². The average molecular weight is 324 g/mol. The molecule has 0 unspecified atom stereocenters. The van der Waals surface area contributed by atoms with Gasteiger partial charge in [0.1, 0.15) is 0 Å². The van der Waals surface area contributed by atoms with Gasteiger partial charge in [0.05, 0.1) is 0 Å². The first-order valence-electron chi connectivity index (χ1n) is 6.64. The first-order valence-corrected chi connectivity index (χ1v) is 6.64. The number of esters is 2. The minimum absolute atomic E-state index is 0. The topological polar surface area (TPSA) is 78.6 Å². The van der Waals surface area contributed by atoms with E-state index in [1.165, 1.54) is 13.8 Å². The van der Waals surface area contributed by atoms with E-state index in [9.17, 15) is 9.59 Å². The molecule has 0 aromatic heterocycles. The number of rotatable bonds is 4. The highest BCUT2D eigenvalue weighted by Crippen LogP contribution is 2.34. The zero-order valence-electron chi connectivity index (χ0n) is 12.4. The minimum atomic E-state index is -0.473. The molecule has 0 spiro atoms. The molecular formula is C16H18ClNO4. The van der Waals surface area contributed by atoms with Gasteiger partial charge in [-0.15, -0.1) is 12.4 Å². The molecule has 5 nitrogen and oxygen atoms in total. The molecule has 118 valence electrons. The van der Waals surface area contributed by atoms with Crippen LogP contribution in [0, 0.1) is 0 Å². The van der Waals surface area contributed by atoms with Crippen molar-refractivity contribution < 1.29 is 19.1 Å². The Bertz CT molecular complexity index is 700. The van der Waals surface area contributed by atoms with Crippen molar-refractivity contribution in [2.24, 2.45) is 5.73 Å². The third kappa shape index (κ3) is 4.19. The predicted molar refractivity (Wildman–Crippen MR) is 86.6 cm³/mol. The van der Waals surface area contributed by atoms with Crippen LogP contribution < -0.4 is 15.2 Å². The van der Waals surface area contributed by atoms with E-state index in [0.29, 0.717) is 13.0 Å². The van der Waals surface area contributed by atoms with Crippen molar-refractivity contribution in [3.63, 3.8) is 0 Å². The zero-order chi connectivity index (χ0) is 15.4. The molecule has 2 rings (SSSR count). The highest BCUT2D eigenvalue weighted by atomic mass is 35.5. The summed E-state index contributed by atoms with van der Waals surface area (Å²) in [5, 5.41) is 1.82. The highest BCUT2D eigenvalue weighted by molar-refractivity contribution is 5.90. The maximum atomic E-state index is 11.2. The highest BCUT2D eigenvalue weighted by Gasteiger charge is 2.13. The molecule has 2 N–H and O–H groups in total. The Morgan fingerprint density at radius 1 is 1.05 bits per heavy atom. The quantitative estimate of drug-likeness (QED) is 0.691. The van der Waals surface area contributed by atoms with E-state index in [2.05, 4.69) is 0 Å². The smallest absolute Gasteiger partial charge is 0.308 e. The maximum absolute atomic E-state index is 11.2. The van der Waals surface area contributed by atoms with Crippen LogP contribution in [0.25, 0.3) is 10.8 Å². The second kappa shape index (κ2) is 7.77. The lowest BCUT2D eigenvalue weighted by Crippen LogP contribution is -2.08. The van der Waals surface area contributed by atoms with Crippen molar-refractivity contribution in [2.45, 2.75) is 20.3 Å². The molecule has 0 fully saturated rings. The molecule has 0 heterocycles. The fourth-order valence-corrected chi connectivity index (χ4v) is 2.19.